The van der Waals surface area contributed by atoms with Gasteiger partial charge < -0.3 is 5.73 Å². The standard InChI is InChI=1S/C25H17F3N8O2/c1-13-19(21-32-36(14(2)37)24(38)35(21)18-8-6-15(11-29)7-9-18)12-34-22(31-23(30)33-34)20(13)16-4-3-5-17(10-16)25(26,27)28/h3-10,12H,1-2H3,(H2,30,33). The summed E-state index contributed by atoms with van der Waals surface area (Å²) < 4.78 is 43.7. The fourth-order valence-electron chi connectivity index (χ4n) is 4.21. The molecule has 0 fully saturated rings. The number of aromatic nitrogens is 6. The summed E-state index contributed by atoms with van der Waals surface area (Å²) in [6.45, 7) is 2.81. The molecule has 2 N–H and O–H groups in total. The summed E-state index contributed by atoms with van der Waals surface area (Å²) in [7, 11) is 0. The smallest absolute Gasteiger partial charge is 0.366 e. The number of nitrogens with zero attached hydrogens (tertiary/aromatic N) is 7. The first-order valence-electron chi connectivity index (χ1n) is 11.1. The van der Waals surface area contributed by atoms with E-state index in [1.165, 1.54) is 58.6 Å². The number of fused-ring (bicyclic) bond motifs is 1. The maximum atomic E-state index is 13.5. The molecule has 0 saturated carbocycles. The van der Waals surface area contributed by atoms with E-state index in [0.29, 0.717) is 21.5 Å². The van der Waals surface area contributed by atoms with Gasteiger partial charge in [0.25, 0.3) is 0 Å². The zero-order chi connectivity index (χ0) is 27.4. The zero-order valence-electron chi connectivity index (χ0n) is 19.9. The van der Waals surface area contributed by atoms with Gasteiger partial charge in [0.05, 0.1) is 22.9 Å². The van der Waals surface area contributed by atoms with Crippen molar-refractivity contribution in [3.63, 3.8) is 0 Å². The van der Waals surface area contributed by atoms with E-state index in [9.17, 15) is 22.8 Å². The van der Waals surface area contributed by atoms with Crippen LogP contribution in [0.15, 0.2) is 59.5 Å². The lowest BCUT2D eigenvalue weighted by molar-refractivity contribution is -0.137. The van der Waals surface area contributed by atoms with Crippen molar-refractivity contribution < 1.29 is 18.0 Å². The van der Waals surface area contributed by atoms with Crippen LogP contribution >= 0.6 is 0 Å². The maximum absolute atomic E-state index is 13.5. The van der Waals surface area contributed by atoms with Gasteiger partial charge >= 0.3 is 11.9 Å². The highest BCUT2D eigenvalue weighted by molar-refractivity contribution is 5.86. The quantitative estimate of drug-likeness (QED) is 0.383. The highest BCUT2D eigenvalue weighted by atomic mass is 19.4. The highest BCUT2D eigenvalue weighted by Crippen LogP contribution is 2.37. The molecule has 190 valence electrons. The monoisotopic (exact) mass is 518 g/mol. The molecule has 0 radical (unpaired) electrons. The van der Waals surface area contributed by atoms with Crippen molar-refractivity contribution in [2.75, 3.05) is 5.73 Å². The van der Waals surface area contributed by atoms with Gasteiger partial charge in [0, 0.05) is 24.2 Å². The molecule has 38 heavy (non-hydrogen) atoms. The number of halogens is 3. The lowest BCUT2D eigenvalue weighted by Gasteiger charge is -2.15. The minimum Gasteiger partial charge on any atom is -0.366 e. The summed E-state index contributed by atoms with van der Waals surface area (Å²) in [4.78, 5) is 29.7. The average molecular weight is 518 g/mol. The van der Waals surface area contributed by atoms with Gasteiger partial charge in [-0.3, -0.25) is 4.79 Å². The van der Waals surface area contributed by atoms with E-state index in [2.05, 4.69) is 15.2 Å². The van der Waals surface area contributed by atoms with E-state index in [4.69, 9.17) is 11.0 Å². The number of benzene rings is 2. The fraction of sp³-hybridized carbons (Fsp3) is 0.120. The molecule has 0 unspecified atom stereocenters. The molecule has 5 rings (SSSR count). The second-order valence-corrected chi connectivity index (χ2v) is 8.39. The van der Waals surface area contributed by atoms with Crippen LogP contribution in [0, 0.1) is 18.3 Å². The Morgan fingerprint density at radius 2 is 1.82 bits per heavy atom. The first-order chi connectivity index (χ1) is 18.0. The minimum atomic E-state index is -4.58. The fourth-order valence-corrected chi connectivity index (χ4v) is 4.21. The van der Waals surface area contributed by atoms with E-state index in [0.717, 1.165) is 12.1 Å². The van der Waals surface area contributed by atoms with Crippen molar-refractivity contribution in [2.24, 2.45) is 0 Å². The van der Waals surface area contributed by atoms with Gasteiger partial charge in [0.15, 0.2) is 11.5 Å². The molecular weight excluding hydrogens is 501 g/mol. The summed E-state index contributed by atoms with van der Waals surface area (Å²) >= 11 is 0. The molecule has 5 aromatic rings. The third kappa shape index (κ3) is 3.97. The predicted molar refractivity (Wildman–Crippen MR) is 130 cm³/mol. The van der Waals surface area contributed by atoms with Crippen molar-refractivity contribution in [1.82, 2.24) is 28.9 Å². The van der Waals surface area contributed by atoms with Crippen LogP contribution in [0.5, 0.6) is 0 Å². The Balaban J connectivity index is 1.85. The van der Waals surface area contributed by atoms with Gasteiger partial charge in [-0.15, -0.1) is 14.9 Å². The number of nitrogens with two attached hydrogens (primary N) is 1. The van der Waals surface area contributed by atoms with Crippen molar-refractivity contribution in [2.45, 2.75) is 20.0 Å². The van der Waals surface area contributed by atoms with Crippen LogP contribution in [0.4, 0.5) is 19.1 Å². The number of carbonyl (C=O) groups excluding carboxylic acids is 1. The Morgan fingerprint density at radius 1 is 1.11 bits per heavy atom. The number of hydrogen-bond acceptors (Lipinski definition) is 7. The normalized spacial score (nSPS) is 11.6. The summed E-state index contributed by atoms with van der Waals surface area (Å²) in [6, 6.07) is 12.7. The van der Waals surface area contributed by atoms with Crippen LogP contribution in [0.25, 0.3) is 33.8 Å². The molecule has 13 heteroatoms. The number of carbonyl (C=O) groups is 1. The molecular formula is C25H17F3N8O2. The van der Waals surface area contributed by atoms with Crippen LogP contribution in [0.2, 0.25) is 0 Å². The third-order valence-electron chi connectivity index (χ3n) is 5.95. The highest BCUT2D eigenvalue weighted by Gasteiger charge is 2.31. The maximum Gasteiger partial charge on any atom is 0.416 e. The molecule has 0 aliphatic carbocycles. The average Bonchev–Trinajstić information content (AvgIpc) is 3.42. The lowest BCUT2D eigenvalue weighted by Crippen LogP contribution is -2.27. The Hall–Kier alpha value is -5.25. The molecule has 0 saturated heterocycles. The van der Waals surface area contributed by atoms with Gasteiger partial charge in [0.1, 0.15) is 0 Å². The van der Waals surface area contributed by atoms with Gasteiger partial charge in [-0.1, -0.05) is 12.1 Å². The Bertz CT molecular complexity index is 1840. The molecule has 3 heterocycles. The van der Waals surface area contributed by atoms with Crippen LogP contribution < -0.4 is 11.4 Å². The third-order valence-corrected chi connectivity index (χ3v) is 5.95. The Kier molecular flexibility index (Phi) is 5.60. The summed E-state index contributed by atoms with van der Waals surface area (Å²) in [6.07, 6.45) is -3.10. The topological polar surface area (TPSA) is 137 Å². The second-order valence-electron chi connectivity index (χ2n) is 8.39. The molecule has 0 bridgehead atoms. The number of anilines is 1. The SMILES string of the molecule is CC(=O)n1nc(-c2cn3nc(N)nc3c(-c3cccc(C(F)(F)F)c3)c2C)n(-c2ccc(C#N)cc2)c1=O. The minimum absolute atomic E-state index is 0.0246. The number of nitrogen functional groups attached to an aromatic ring is 1. The summed E-state index contributed by atoms with van der Waals surface area (Å²) in [5.41, 5.74) is 6.24. The van der Waals surface area contributed by atoms with Crippen molar-refractivity contribution in [1.29, 1.82) is 5.26 Å². The molecule has 0 aliphatic heterocycles. The number of nitriles is 1. The van der Waals surface area contributed by atoms with Crippen LogP contribution in [0.1, 0.15) is 28.4 Å². The van der Waals surface area contributed by atoms with E-state index < -0.39 is 23.3 Å². The second kappa shape index (κ2) is 8.70. The van der Waals surface area contributed by atoms with Crippen molar-refractivity contribution in [3.05, 3.63) is 81.9 Å². The summed E-state index contributed by atoms with van der Waals surface area (Å²) in [5.74, 6) is -0.740. The lowest BCUT2D eigenvalue weighted by atomic mass is 9.96. The molecule has 10 nitrogen and oxygen atoms in total. The van der Waals surface area contributed by atoms with Gasteiger partial charge in [-0.2, -0.15) is 23.4 Å². The Morgan fingerprint density at radius 3 is 2.45 bits per heavy atom. The number of hydrogen-bond donors (Lipinski definition) is 1. The first kappa shape index (κ1) is 24.4. The molecule has 0 aliphatic rings. The van der Waals surface area contributed by atoms with E-state index in [1.54, 1.807) is 6.92 Å². The molecule has 0 atom stereocenters. The van der Waals surface area contributed by atoms with Crippen molar-refractivity contribution in [3.8, 4) is 34.3 Å². The van der Waals surface area contributed by atoms with Gasteiger partial charge in [-0.25, -0.2) is 13.9 Å². The van der Waals surface area contributed by atoms with E-state index >= 15 is 0 Å². The molecule has 2 aromatic carbocycles. The molecule has 0 amide bonds. The Labute approximate surface area is 212 Å². The van der Waals surface area contributed by atoms with Gasteiger partial charge in [-0.05, 0) is 54.4 Å². The first-order valence-corrected chi connectivity index (χ1v) is 11.1. The van der Waals surface area contributed by atoms with Crippen LogP contribution in [-0.4, -0.2) is 34.9 Å². The molecule has 0 spiro atoms. The van der Waals surface area contributed by atoms with E-state index in [-0.39, 0.29) is 34.1 Å². The number of rotatable bonds is 3. The predicted octanol–water partition coefficient (Wildman–Crippen LogP) is 3.85. The number of pyridine rings is 1. The van der Waals surface area contributed by atoms with E-state index in [1.807, 2.05) is 6.07 Å². The number of alkyl halides is 3. The van der Waals surface area contributed by atoms with Gasteiger partial charge in [0.2, 0.25) is 11.9 Å². The zero-order valence-corrected chi connectivity index (χ0v) is 19.9. The summed E-state index contributed by atoms with van der Waals surface area (Å²) in [5, 5.41) is 17.5. The molecule has 3 aromatic heterocycles. The van der Waals surface area contributed by atoms with Crippen LogP contribution in [-0.2, 0) is 6.18 Å². The van der Waals surface area contributed by atoms with Crippen LogP contribution in [0.3, 0.4) is 0 Å². The largest absolute Gasteiger partial charge is 0.416 e. The van der Waals surface area contributed by atoms with Crippen molar-refractivity contribution >= 4 is 17.5 Å².